The first-order valence-electron chi connectivity index (χ1n) is 10.7. The van der Waals surface area contributed by atoms with Gasteiger partial charge in [0.1, 0.15) is 0 Å². The quantitative estimate of drug-likeness (QED) is 0.570. The van der Waals surface area contributed by atoms with Gasteiger partial charge >= 0.3 is 0 Å². The summed E-state index contributed by atoms with van der Waals surface area (Å²) in [5.74, 6) is -0.332. The molecule has 8 heteroatoms. The van der Waals surface area contributed by atoms with Gasteiger partial charge in [0.25, 0.3) is 5.91 Å². The lowest BCUT2D eigenvalue weighted by Crippen LogP contribution is -2.35. The molecule has 1 aromatic heterocycles. The maximum atomic E-state index is 12.9. The third kappa shape index (κ3) is 6.03. The molecule has 1 fully saturated rings. The topological polar surface area (TPSA) is 88.5 Å². The van der Waals surface area contributed by atoms with Crippen LogP contribution in [0.5, 0.6) is 0 Å². The van der Waals surface area contributed by atoms with Gasteiger partial charge in [0.15, 0.2) is 0 Å². The highest BCUT2D eigenvalue weighted by atomic mass is 16.5. The number of nitrogens with one attached hydrogen (secondary N) is 2. The Bertz CT molecular complexity index is 1050. The first-order chi connectivity index (χ1) is 15.7. The minimum atomic E-state index is -0.214. The zero-order valence-corrected chi connectivity index (χ0v) is 17.9. The van der Waals surface area contributed by atoms with Crippen molar-refractivity contribution < 1.29 is 14.3 Å². The molecule has 166 valence electrons. The maximum absolute atomic E-state index is 12.9. The number of para-hydroxylation sites is 1. The predicted molar refractivity (Wildman–Crippen MR) is 122 cm³/mol. The molecular formula is C24H27N5O3. The Hall–Kier alpha value is -3.49. The Balaban J connectivity index is 1.37. The number of aryl methyl sites for hydroxylation is 1. The molecule has 0 bridgehead atoms. The molecule has 2 amide bonds. The van der Waals surface area contributed by atoms with Crippen LogP contribution in [-0.2, 0) is 22.6 Å². The van der Waals surface area contributed by atoms with Crippen molar-refractivity contribution in [3.63, 3.8) is 0 Å². The van der Waals surface area contributed by atoms with Gasteiger partial charge in [-0.05, 0) is 29.8 Å². The van der Waals surface area contributed by atoms with Gasteiger partial charge in [-0.2, -0.15) is 0 Å². The minimum Gasteiger partial charge on any atom is -0.379 e. The summed E-state index contributed by atoms with van der Waals surface area (Å²) in [5, 5.41) is 5.88. The molecule has 1 aliphatic rings. The van der Waals surface area contributed by atoms with E-state index in [1.807, 2.05) is 35.0 Å². The smallest absolute Gasteiger partial charge is 0.255 e. The standard InChI is InChI=1S/C24H27N5O3/c30-23(8-10-29-11-9-25-18-29)26-21-6-3-5-19(16-21)24(31)27-22-7-2-1-4-20(22)17-28-12-14-32-15-13-28/h1-7,9,11,16,18H,8,10,12-15,17H2,(H,26,30)(H,27,31). The molecule has 2 N–H and O–H groups in total. The average molecular weight is 434 g/mol. The van der Waals surface area contributed by atoms with Crippen molar-refractivity contribution in [2.45, 2.75) is 19.5 Å². The van der Waals surface area contributed by atoms with Gasteiger partial charge in [0.2, 0.25) is 5.91 Å². The molecule has 0 aliphatic carbocycles. The van der Waals surface area contributed by atoms with Crippen molar-refractivity contribution in [1.82, 2.24) is 14.5 Å². The first kappa shape index (κ1) is 21.7. The molecule has 0 radical (unpaired) electrons. The van der Waals surface area contributed by atoms with Gasteiger partial charge in [-0.25, -0.2) is 4.98 Å². The lowest BCUT2D eigenvalue weighted by Gasteiger charge is -2.27. The number of hydrogen-bond acceptors (Lipinski definition) is 5. The summed E-state index contributed by atoms with van der Waals surface area (Å²) >= 11 is 0. The van der Waals surface area contributed by atoms with Crippen molar-refractivity contribution in [1.29, 1.82) is 0 Å². The van der Waals surface area contributed by atoms with Crippen LogP contribution < -0.4 is 10.6 Å². The van der Waals surface area contributed by atoms with E-state index in [4.69, 9.17) is 4.74 Å². The van der Waals surface area contributed by atoms with Gasteiger partial charge < -0.3 is 19.9 Å². The van der Waals surface area contributed by atoms with Gasteiger partial charge in [-0.15, -0.1) is 0 Å². The number of benzene rings is 2. The van der Waals surface area contributed by atoms with E-state index >= 15 is 0 Å². The van der Waals surface area contributed by atoms with Gasteiger partial charge in [0, 0.05) is 61.9 Å². The van der Waals surface area contributed by atoms with Crippen molar-refractivity contribution in [2.24, 2.45) is 0 Å². The van der Waals surface area contributed by atoms with E-state index in [9.17, 15) is 9.59 Å². The Morgan fingerprint density at radius 1 is 1.03 bits per heavy atom. The molecule has 8 nitrogen and oxygen atoms in total. The third-order valence-corrected chi connectivity index (χ3v) is 5.33. The molecule has 2 heterocycles. The fourth-order valence-corrected chi connectivity index (χ4v) is 3.59. The normalized spacial score (nSPS) is 14.1. The second kappa shape index (κ2) is 10.7. The molecular weight excluding hydrogens is 406 g/mol. The number of carbonyl (C=O) groups excluding carboxylic acids is 2. The molecule has 1 saturated heterocycles. The minimum absolute atomic E-state index is 0.118. The zero-order chi connectivity index (χ0) is 22.2. The summed E-state index contributed by atoms with van der Waals surface area (Å²) < 4.78 is 7.26. The Kier molecular flexibility index (Phi) is 7.27. The van der Waals surface area contributed by atoms with Gasteiger partial charge in [0.05, 0.1) is 19.5 Å². The molecule has 32 heavy (non-hydrogen) atoms. The van der Waals surface area contributed by atoms with Crippen LogP contribution in [0.4, 0.5) is 11.4 Å². The highest BCUT2D eigenvalue weighted by Crippen LogP contribution is 2.20. The number of imidazole rings is 1. The summed E-state index contributed by atoms with van der Waals surface area (Å²) in [5.41, 5.74) is 2.93. The molecule has 0 spiro atoms. The number of anilines is 2. The first-order valence-corrected chi connectivity index (χ1v) is 10.7. The Morgan fingerprint density at radius 2 is 1.88 bits per heavy atom. The Morgan fingerprint density at radius 3 is 2.69 bits per heavy atom. The van der Waals surface area contributed by atoms with Crippen LogP contribution >= 0.6 is 0 Å². The summed E-state index contributed by atoms with van der Waals surface area (Å²) in [6.45, 7) is 4.53. The summed E-state index contributed by atoms with van der Waals surface area (Å²) in [4.78, 5) is 31.4. The van der Waals surface area contributed by atoms with Crippen molar-refractivity contribution >= 4 is 23.2 Å². The number of carbonyl (C=O) groups is 2. The number of nitrogens with zero attached hydrogens (tertiary/aromatic N) is 3. The number of ether oxygens (including phenoxy) is 1. The van der Waals surface area contributed by atoms with E-state index in [1.165, 1.54) is 0 Å². The number of amides is 2. The second-order valence-electron chi connectivity index (χ2n) is 7.68. The number of morpholine rings is 1. The van der Waals surface area contributed by atoms with Gasteiger partial charge in [-0.3, -0.25) is 14.5 Å². The van der Waals surface area contributed by atoms with E-state index < -0.39 is 0 Å². The molecule has 3 aromatic rings. The van der Waals surface area contributed by atoms with Crippen molar-refractivity contribution in [2.75, 3.05) is 36.9 Å². The molecule has 0 atom stereocenters. The molecule has 1 aliphatic heterocycles. The van der Waals surface area contributed by atoms with Crippen LogP contribution in [0.15, 0.2) is 67.3 Å². The molecule has 0 saturated carbocycles. The predicted octanol–water partition coefficient (Wildman–Crippen LogP) is 3.00. The van der Waals surface area contributed by atoms with E-state index in [2.05, 4.69) is 20.5 Å². The zero-order valence-electron chi connectivity index (χ0n) is 17.9. The summed E-state index contributed by atoms with van der Waals surface area (Å²) in [7, 11) is 0. The lowest BCUT2D eigenvalue weighted by atomic mass is 10.1. The van der Waals surface area contributed by atoms with E-state index in [0.29, 0.717) is 24.2 Å². The fourth-order valence-electron chi connectivity index (χ4n) is 3.59. The van der Waals surface area contributed by atoms with Crippen LogP contribution in [0, 0.1) is 0 Å². The Labute approximate surface area is 187 Å². The third-order valence-electron chi connectivity index (χ3n) is 5.33. The lowest BCUT2D eigenvalue weighted by molar-refractivity contribution is -0.116. The van der Waals surface area contributed by atoms with Gasteiger partial charge in [-0.1, -0.05) is 24.3 Å². The van der Waals surface area contributed by atoms with Crippen LogP contribution in [0.2, 0.25) is 0 Å². The van der Waals surface area contributed by atoms with Crippen LogP contribution in [0.1, 0.15) is 22.3 Å². The fraction of sp³-hybridized carbons (Fsp3) is 0.292. The number of hydrogen-bond donors (Lipinski definition) is 2. The van der Waals surface area contributed by atoms with Crippen molar-refractivity contribution in [3.8, 4) is 0 Å². The maximum Gasteiger partial charge on any atom is 0.255 e. The van der Waals surface area contributed by atoms with E-state index in [-0.39, 0.29) is 11.8 Å². The molecule has 4 rings (SSSR count). The highest BCUT2D eigenvalue weighted by molar-refractivity contribution is 6.05. The number of rotatable bonds is 8. The SMILES string of the molecule is O=C(CCn1ccnc1)Nc1cccc(C(=O)Nc2ccccc2CN2CCOCC2)c1. The highest BCUT2D eigenvalue weighted by Gasteiger charge is 2.15. The van der Waals surface area contributed by atoms with Crippen LogP contribution in [0.25, 0.3) is 0 Å². The monoisotopic (exact) mass is 433 g/mol. The average Bonchev–Trinajstić information content (AvgIpc) is 3.34. The van der Waals surface area contributed by atoms with E-state index in [1.54, 1.807) is 36.8 Å². The van der Waals surface area contributed by atoms with Crippen LogP contribution in [0.3, 0.4) is 0 Å². The second-order valence-corrected chi connectivity index (χ2v) is 7.68. The van der Waals surface area contributed by atoms with Crippen molar-refractivity contribution in [3.05, 3.63) is 78.4 Å². The summed E-state index contributed by atoms with van der Waals surface area (Å²) in [6, 6.07) is 14.8. The molecule has 2 aromatic carbocycles. The summed E-state index contributed by atoms with van der Waals surface area (Å²) in [6.07, 6.45) is 5.49. The largest absolute Gasteiger partial charge is 0.379 e. The van der Waals surface area contributed by atoms with Crippen LogP contribution in [-0.4, -0.2) is 52.6 Å². The molecule has 0 unspecified atom stereocenters. The number of aromatic nitrogens is 2. The van der Waals surface area contributed by atoms with E-state index in [0.717, 1.165) is 44.1 Å².